The fourth-order valence-corrected chi connectivity index (χ4v) is 5.13. The standard InChI is InChI=1S/C16H20N6O5S/c1-9-7-11(19-27-9)20-28(25,26)16(4-5-16)8-22-6-3-10-12(14(17)23)18-21(2)13(10)15(22)24/h7H,3-6,8H2,1-2H3,(H2,17,23)(H,19,20). The summed E-state index contributed by atoms with van der Waals surface area (Å²) in [6.07, 6.45) is 1.26. The summed E-state index contributed by atoms with van der Waals surface area (Å²) in [5, 5.41) is 7.70. The van der Waals surface area contributed by atoms with Crippen molar-refractivity contribution in [3.63, 3.8) is 0 Å². The molecule has 2 amide bonds. The lowest BCUT2D eigenvalue weighted by molar-refractivity contribution is 0.0724. The molecule has 12 heteroatoms. The number of nitrogens with zero attached hydrogens (tertiary/aromatic N) is 4. The predicted octanol–water partition coefficient (Wildman–Crippen LogP) is -0.212. The van der Waals surface area contributed by atoms with E-state index in [0.29, 0.717) is 30.6 Å². The van der Waals surface area contributed by atoms with Crippen molar-refractivity contribution in [1.29, 1.82) is 0 Å². The van der Waals surface area contributed by atoms with Crippen LogP contribution in [0, 0.1) is 6.92 Å². The molecule has 3 N–H and O–H groups in total. The first kappa shape index (κ1) is 18.5. The van der Waals surface area contributed by atoms with Gasteiger partial charge >= 0.3 is 0 Å². The number of primary amides is 1. The highest BCUT2D eigenvalue weighted by Gasteiger charge is 2.57. The first-order chi connectivity index (χ1) is 13.1. The molecule has 3 heterocycles. The van der Waals surface area contributed by atoms with E-state index in [0.717, 1.165) is 0 Å². The first-order valence-electron chi connectivity index (χ1n) is 8.74. The molecular formula is C16H20N6O5S. The van der Waals surface area contributed by atoms with Crippen LogP contribution in [0.25, 0.3) is 0 Å². The average molecular weight is 408 g/mol. The lowest BCUT2D eigenvalue weighted by Gasteiger charge is -2.30. The minimum absolute atomic E-state index is 0.0501. The van der Waals surface area contributed by atoms with Crippen molar-refractivity contribution >= 4 is 27.7 Å². The summed E-state index contributed by atoms with van der Waals surface area (Å²) in [5.41, 5.74) is 6.21. The number of nitrogens with one attached hydrogen (secondary N) is 1. The normalized spacial score (nSPS) is 18.1. The lowest BCUT2D eigenvalue weighted by atomic mass is 10.0. The van der Waals surface area contributed by atoms with E-state index in [9.17, 15) is 18.0 Å². The maximum Gasteiger partial charge on any atom is 0.272 e. The summed E-state index contributed by atoms with van der Waals surface area (Å²) in [6.45, 7) is 2.00. The summed E-state index contributed by atoms with van der Waals surface area (Å²) in [4.78, 5) is 26.0. The zero-order valence-corrected chi connectivity index (χ0v) is 16.2. The lowest BCUT2D eigenvalue weighted by Crippen LogP contribution is -2.47. The van der Waals surface area contributed by atoms with Crippen molar-refractivity contribution in [2.45, 2.75) is 30.9 Å². The SMILES string of the molecule is Cc1cc(NS(=O)(=O)C2(CN3CCc4c(C(N)=O)nn(C)c4C3=O)CC2)no1. The second-order valence-corrected chi connectivity index (χ2v) is 9.33. The zero-order valence-electron chi connectivity index (χ0n) is 15.4. The van der Waals surface area contributed by atoms with Crippen LogP contribution in [0.1, 0.15) is 45.1 Å². The van der Waals surface area contributed by atoms with Crippen LogP contribution >= 0.6 is 0 Å². The van der Waals surface area contributed by atoms with E-state index in [4.69, 9.17) is 10.3 Å². The van der Waals surface area contributed by atoms with Crippen LogP contribution < -0.4 is 10.5 Å². The van der Waals surface area contributed by atoms with E-state index in [-0.39, 0.29) is 36.2 Å². The zero-order chi connectivity index (χ0) is 20.3. The number of carbonyl (C=O) groups excluding carboxylic acids is 2. The minimum atomic E-state index is -3.77. The molecule has 0 spiro atoms. The molecule has 2 aromatic rings. The molecule has 1 aliphatic heterocycles. The topological polar surface area (TPSA) is 153 Å². The third kappa shape index (κ3) is 2.84. The highest BCUT2D eigenvalue weighted by Crippen LogP contribution is 2.45. The summed E-state index contributed by atoms with van der Waals surface area (Å²) in [6, 6.07) is 1.49. The van der Waals surface area contributed by atoms with Gasteiger partial charge in [0.1, 0.15) is 16.2 Å². The van der Waals surface area contributed by atoms with Gasteiger partial charge in [0.15, 0.2) is 11.5 Å². The summed E-state index contributed by atoms with van der Waals surface area (Å²) < 4.78 is 33.3. The van der Waals surface area contributed by atoms with Gasteiger partial charge in [0.25, 0.3) is 11.8 Å². The van der Waals surface area contributed by atoms with Crippen molar-refractivity contribution < 1.29 is 22.5 Å². The average Bonchev–Trinajstić information content (AvgIpc) is 3.18. The highest BCUT2D eigenvalue weighted by molar-refractivity contribution is 7.94. The van der Waals surface area contributed by atoms with E-state index >= 15 is 0 Å². The number of aromatic nitrogens is 3. The van der Waals surface area contributed by atoms with Crippen LogP contribution in [0.2, 0.25) is 0 Å². The van der Waals surface area contributed by atoms with E-state index in [1.807, 2.05) is 0 Å². The van der Waals surface area contributed by atoms with Crippen LogP contribution in [0.5, 0.6) is 0 Å². The molecule has 150 valence electrons. The molecule has 0 bridgehead atoms. The molecule has 0 radical (unpaired) electrons. The number of rotatable bonds is 6. The Morgan fingerprint density at radius 1 is 1.43 bits per heavy atom. The number of hydrogen-bond donors (Lipinski definition) is 2. The Morgan fingerprint density at radius 2 is 2.14 bits per heavy atom. The summed E-state index contributed by atoms with van der Waals surface area (Å²) in [5.74, 6) is -0.439. The second kappa shape index (κ2) is 6.06. The molecule has 11 nitrogen and oxygen atoms in total. The molecule has 28 heavy (non-hydrogen) atoms. The van der Waals surface area contributed by atoms with Crippen LogP contribution in [-0.4, -0.2) is 57.9 Å². The van der Waals surface area contributed by atoms with Crippen molar-refractivity contribution in [1.82, 2.24) is 19.8 Å². The van der Waals surface area contributed by atoms with Gasteiger partial charge in [0, 0.05) is 31.8 Å². The smallest absolute Gasteiger partial charge is 0.272 e. The number of anilines is 1. The molecule has 0 aromatic carbocycles. The Kier molecular flexibility index (Phi) is 4.00. The maximum absolute atomic E-state index is 12.9. The Bertz CT molecular complexity index is 1080. The molecule has 1 aliphatic carbocycles. The number of carbonyl (C=O) groups is 2. The Hall–Kier alpha value is -2.89. The molecular weight excluding hydrogens is 388 g/mol. The van der Waals surface area contributed by atoms with E-state index < -0.39 is 20.7 Å². The van der Waals surface area contributed by atoms with Crippen molar-refractivity contribution in [3.8, 4) is 0 Å². The van der Waals surface area contributed by atoms with E-state index in [1.165, 1.54) is 15.6 Å². The second-order valence-electron chi connectivity index (χ2n) is 7.25. The largest absolute Gasteiger partial charge is 0.364 e. The summed E-state index contributed by atoms with van der Waals surface area (Å²) in [7, 11) is -2.21. The molecule has 2 aliphatic rings. The number of nitrogens with two attached hydrogens (primary N) is 1. The highest BCUT2D eigenvalue weighted by atomic mass is 32.2. The van der Waals surface area contributed by atoms with Crippen molar-refractivity contribution in [3.05, 3.63) is 28.8 Å². The molecule has 0 atom stereocenters. The monoisotopic (exact) mass is 408 g/mol. The fraction of sp³-hybridized carbons (Fsp3) is 0.500. The Balaban J connectivity index is 1.56. The fourth-order valence-electron chi connectivity index (χ4n) is 3.58. The third-order valence-electron chi connectivity index (χ3n) is 5.22. The number of sulfonamides is 1. The molecule has 0 saturated heterocycles. The van der Waals surface area contributed by atoms with Crippen LogP contribution in [0.4, 0.5) is 5.82 Å². The van der Waals surface area contributed by atoms with Crippen LogP contribution in [0.15, 0.2) is 10.6 Å². The summed E-state index contributed by atoms with van der Waals surface area (Å²) >= 11 is 0. The van der Waals surface area contributed by atoms with Crippen LogP contribution in [0.3, 0.4) is 0 Å². The van der Waals surface area contributed by atoms with Gasteiger partial charge in [-0.15, -0.1) is 0 Å². The van der Waals surface area contributed by atoms with Gasteiger partial charge in [-0.2, -0.15) is 5.10 Å². The molecule has 0 unspecified atom stereocenters. The maximum atomic E-state index is 12.9. The molecule has 1 saturated carbocycles. The number of amides is 2. The van der Waals surface area contributed by atoms with Gasteiger partial charge in [0.05, 0.1) is 0 Å². The first-order valence-corrected chi connectivity index (χ1v) is 10.2. The van der Waals surface area contributed by atoms with Gasteiger partial charge in [-0.25, -0.2) is 8.42 Å². The van der Waals surface area contributed by atoms with Gasteiger partial charge in [-0.05, 0) is 26.2 Å². The molecule has 2 aromatic heterocycles. The van der Waals surface area contributed by atoms with Crippen LogP contribution in [-0.2, 0) is 23.5 Å². The minimum Gasteiger partial charge on any atom is -0.364 e. The number of hydrogen-bond acceptors (Lipinski definition) is 7. The van der Waals surface area contributed by atoms with Gasteiger partial charge in [-0.1, -0.05) is 5.16 Å². The quantitative estimate of drug-likeness (QED) is 0.670. The number of fused-ring (bicyclic) bond motifs is 1. The molecule has 4 rings (SSSR count). The Labute approximate surface area is 160 Å². The number of aryl methyl sites for hydroxylation is 2. The predicted molar refractivity (Wildman–Crippen MR) is 97.1 cm³/mol. The van der Waals surface area contributed by atoms with Crippen molar-refractivity contribution in [2.75, 3.05) is 17.8 Å². The Morgan fingerprint density at radius 3 is 2.71 bits per heavy atom. The van der Waals surface area contributed by atoms with Gasteiger partial charge < -0.3 is 15.2 Å². The van der Waals surface area contributed by atoms with Crippen molar-refractivity contribution in [2.24, 2.45) is 12.8 Å². The third-order valence-corrected chi connectivity index (χ3v) is 7.38. The van der Waals surface area contributed by atoms with E-state index in [1.54, 1.807) is 14.0 Å². The van der Waals surface area contributed by atoms with Gasteiger partial charge in [0.2, 0.25) is 10.0 Å². The van der Waals surface area contributed by atoms with E-state index in [2.05, 4.69) is 15.0 Å². The molecule has 1 fully saturated rings. The van der Waals surface area contributed by atoms with Gasteiger partial charge in [-0.3, -0.25) is 19.0 Å².